The highest BCUT2D eigenvalue weighted by atomic mass is 16.6. The summed E-state index contributed by atoms with van der Waals surface area (Å²) in [5, 5.41) is 20.2. The first kappa shape index (κ1) is 15.6. The molecule has 0 heterocycles. The van der Waals surface area contributed by atoms with E-state index in [4.69, 9.17) is 5.11 Å². The fraction of sp³-hybridized carbons (Fsp3) is 0.571. The molecule has 0 aliphatic carbocycles. The van der Waals surface area contributed by atoms with Crippen molar-refractivity contribution >= 4 is 5.69 Å². The van der Waals surface area contributed by atoms with Gasteiger partial charge in [0.05, 0.1) is 11.5 Å². The third-order valence-electron chi connectivity index (χ3n) is 3.41. The van der Waals surface area contributed by atoms with E-state index in [1.165, 1.54) is 6.07 Å². The summed E-state index contributed by atoms with van der Waals surface area (Å²) >= 11 is 0. The van der Waals surface area contributed by atoms with Crippen LogP contribution in [0.1, 0.15) is 32.3 Å². The first-order chi connectivity index (χ1) is 9.13. The molecule has 0 bridgehead atoms. The van der Waals surface area contributed by atoms with Crippen molar-refractivity contribution in [3.8, 4) is 0 Å². The summed E-state index contributed by atoms with van der Waals surface area (Å²) < 4.78 is 0. The van der Waals surface area contributed by atoms with Crippen molar-refractivity contribution < 1.29 is 10.0 Å². The molecule has 0 amide bonds. The third kappa shape index (κ3) is 4.29. The zero-order valence-corrected chi connectivity index (χ0v) is 11.6. The van der Waals surface area contributed by atoms with Gasteiger partial charge in [0, 0.05) is 30.8 Å². The summed E-state index contributed by atoms with van der Waals surface area (Å²) in [7, 11) is 0. The molecule has 0 saturated carbocycles. The maximum atomic E-state index is 11.0. The second-order valence-electron chi connectivity index (χ2n) is 4.55. The highest BCUT2D eigenvalue weighted by Crippen LogP contribution is 2.21. The zero-order valence-electron chi connectivity index (χ0n) is 11.6. The number of hydrogen-bond acceptors (Lipinski definition) is 4. The molecule has 0 aliphatic rings. The Labute approximate surface area is 114 Å². The second-order valence-corrected chi connectivity index (χ2v) is 4.55. The lowest BCUT2D eigenvalue weighted by Crippen LogP contribution is -2.36. The molecule has 1 aromatic rings. The lowest BCUT2D eigenvalue weighted by molar-refractivity contribution is -0.385. The molecular weight excluding hydrogens is 244 g/mol. The van der Waals surface area contributed by atoms with E-state index in [9.17, 15) is 10.1 Å². The quantitative estimate of drug-likeness (QED) is 0.580. The molecule has 0 saturated heterocycles. The molecule has 0 fully saturated rings. The van der Waals surface area contributed by atoms with Crippen LogP contribution < -0.4 is 0 Å². The molecule has 19 heavy (non-hydrogen) atoms. The molecule has 0 radical (unpaired) electrons. The number of para-hydroxylation sites is 1. The van der Waals surface area contributed by atoms with Crippen LogP contribution in [0.2, 0.25) is 0 Å². The third-order valence-corrected chi connectivity index (χ3v) is 3.41. The summed E-state index contributed by atoms with van der Waals surface area (Å²) in [6.07, 6.45) is 1.94. The van der Waals surface area contributed by atoms with Crippen LogP contribution in [-0.2, 0) is 6.54 Å². The van der Waals surface area contributed by atoms with Gasteiger partial charge < -0.3 is 5.11 Å². The van der Waals surface area contributed by atoms with E-state index in [2.05, 4.69) is 18.7 Å². The fourth-order valence-corrected chi connectivity index (χ4v) is 2.37. The van der Waals surface area contributed by atoms with Crippen molar-refractivity contribution in [1.29, 1.82) is 0 Å². The minimum absolute atomic E-state index is 0.0666. The van der Waals surface area contributed by atoms with Crippen LogP contribution in [0.3, 0.4) is 0 Å². The Morgan fingerprint density at radius 2 is 1.95 bits per heavy atom. The van der Waals surface area contributed by atoms with E-state index < -0.39 is 0 Å². The Morgan fingerprint density at radius 1 is 1.32 bits per heavy atom. The predicted molar refractivity (Wildman–Crippen MR) is 75.0 cm³/mol. The zero-order chi connectivity index (χ0) is 14.3. The van der Waals surface area contributed by atoms with Gasteiger partial charge in [-0.2, -0.15) is 0 Å². The average molecular weight is 266 g/mol. The molecule has 106 valence electrons. The molecule has 1 rings (SSSR count). The van der Waals surface area contributed by atoms with Gasteiger partial charge >= 0.3 is 0 Å². The summed E-state index contributed by atoms with van der Waals surface area (Å²) in [5.74, 6) is 0. The van der Waals surface area contributed by atoms with Crippen molar-refractivity contribution in [1.82, 2.24) is 4.90 Å². The second kappa shape index (κ2) is 7.86. The van der Waals surface area contributed by atoms with Crippen LogP contribution in [0.25, 0.3) is 0 Å². The van der Waals surface area contributed by atoms with Gasteiger partial charge in [-0.25, -0.2) is 0 Å². The number of aliphatic hydroxyl groups excluding tert-OH is 1. The van der Waals surface area contributed by atoms with E-state index in [1.54, 1.807) is 12.1 Å². The highest BCUT2D eigenvalue weighted by molar-refractivity contribution is 5.39. The maximum absolute atomic E-state index is 11.0. The molecular formula is C14H22N2O3. The molecule has 5 nitrogen and oxygen atoms in total. The number of rotatable bonds is 8. The Hall–Kier alpha value is -1.46. The number of nitro groups is 1. The molecule has 0 spiro atoms. The topological polar surface area (TPSA) is 66.6 Å². The van der Waals surface area contributed by atoms with Crippen LogP contribution in [0.5, 0.6) is 0 Å². The number of nitro benzene ring substituents is 1. The minimum Gasteiger partial charge on any atom is -0.395 e. The van der Waals surface area contributed by atoms with Gasteiger partial charge in [-0.3, -0.25) is 15.0 Å². The number of hydrogen-bond donors (Lipinski definition) is 1. The lowest BCUT2D eigenvalue weighted by atomic mass is 10.1. The average Bonchev–Trinajstić information content (AvgIpc) is 2.40. The number of nitrogens with zero attached hydrogens (tertiary/aromatic N) is 2. The number of benzene rings is 1. The van der Waals surface area contributed by atoms with Gasteiger partial charge in [-0.15, -0.1) is 0 Å². The molecule has 1 N–H and O–H groups in total. The molecule has 0 atom stereocenters. The first-order valence-electron chi connectivity index (χ1n) is 6.71. The Balaban J connectivity index is 2.93. The Kier molecular flexibility index (Phi) is 6.45. The smallest absolute Gasteiger partial charge is 0.273 e. The standard InChI is InChI=1S/C14H22N2O3/c1-3-13(4-2)15(9-10-17)11-12-7-5-6-8-14(12)16(18)19/h5-8,13,17H,3-4,9-11H2,1-2H3. The van der Waals surface area contributed by atoms with Crippen molar-refractivity contribution in [2.75, 3.05) is 13.2 Å². The van der Waals surface area contributed by atoms with Crippen molar-refractivity contribution in [3.05, 3.63) is 39.9 Å². The van der Waals surface area contributed by atoms with Crippen molar-refractivity contribution in [2.45, 2.75) is 39.3 Å². The van der Waals surface area contributed by atoms with Gasteiger partial charge in [-0.1, -0.05) is 32.0 Å². The molecule has 0 unspecified atom stereocenters. The number of aliphatic hydroxyl groups is 1. The molecule has 0 aromatic heterocycles. The van der Waals surface area contributed by atoms with Gasteiger partial charge in [0.25, 0.3) is 5.69 Å². The van der Waals surface area contributed by atoms with Crippen LogP contribution in [0.15, 0.2) is 24.3 Å². The molecule has 5 heteroatoms. The van der Waals surface area contributed by atoms with E-state index in [0.717, 1.165) is 12.8 Å². The van der Waals surface area contributed by atoms with Crippen LogP contribution in [-0.4, -0.2) is 34.1 Å². The lowest BCUT2D eigenvalue weighted by Gasteiger charge is -2.29. The summed E-state index contributed by atoms with van der Waals surface area (Å²) in [5.41, 5.74) is 0.851. The Morgan fingerprint density at radius 3 is 2.47 bits per heavy atom. The Bertz CT molecular complexity index is 405. The largest absolute Gasteiger partial charge is 0.395 e. The predicted octanol–water partition coefficient (Wildman–Crippen LogP) is 2.58. The normalized spacial score (nSPS) is 11.2. The van der Waals surface area contributed by atoms with Crippen LogP contribution >= 0.6 is 0 Å². The summed E-state index contributed by atoms with van der Waals surface area (Å²) in [6, 6.07) is 7.14. The highest BCUT2D eigenvalue weighted by Gasteiger charge is 2.19. The van der Waals surface area contributed by atoms with Gasteiger partial charge in [0.2, 0.25) is 0 Å². The van der Waals surface area contributed by atoms with E-state index >= 15 is 0 Å². The maximum Gasteiger partial charge on any atom is 0.273 e. The van der Waals surface area contributed by atoms with E-state index in [1.807, 2.05) is 6.07 Å². The molecule has 1 aromatic carbocycles. The fourth-order valence-electron chi connectivity index (χ4n) is 2.37. The minimum atomic E-state index is -0.348. The monoisotopic (exact) mass is 266 g/mol. The SMILES string of the molecule is CCC(CC)N(CCO)Cc1ccccc1[N+](=O)[O-]. The van der Waals surface area contributed by atoms with Gasteiger partial charge in [0.1, 0.15) is 0 Å². The van der Waals surface area contributed by atoms with Crippen LogP contribution in [0, 0.1) is 10.1 Å². The summed E-state index contributed by atoms with van der Waals surface area (Å²) in [6.45, 7) is 5.30. The van der Waals surface area contributed by atoms with Crippen molar-refractivity contribution in [3.63, 3.8) is 0 Å². The molecule has 0 aliphatic heterocycles. The van der Waals surface area contributed by atoms with E-state index in [0.29, 0.717) is 24.7 Å². The first-order valence-corrected chi connectivity index (χ1v) is 6.71. The summed E-state index contributed by atoms with van der Waals surface area (Å²) in [4.78, 5) is 12.8. The van der Waals surface area contributed by atoms with Gasteiger partial charge in [0.15, 0.2) is 0 Å². The van der Waals surface area contributed by atoms with Crippen molar-refractivity contribution in [2.24, 2.45) is 0 Å². The van der Waals surface area contributed by atoms with Crippen LogP contribution in [0.4, 0.5) is 5.69 Å². The van der Waals surface area contributed by atoms with E-state index in [-0.39, 0.29) is 17.2 Å². The van der Waals surface area contributed by atoms with Gasteiger partial charge in [-0.05, 0) is 12.8 Å².